The van der Waals surface area contributed by atoms with Gasteiger partial charge in [0, 0.05) is 37.4 Å². The number of methoxy groups -OCH3 is 1. The SMILES string of the molecule is COC(=O)NC1CCN(CCCOc2cccc(N)c2)C1. The highest BCUT2D eigenvalue weighted by Gasteiger charge is 2.23. The van der Waals surface area contributed by atoms with Crippen molar-refractivity contribution in [2.75, 3.05) is 39.1 Å². The van der Waals surface area contributed by atoms with Gasteiger partial charge >= 0.3 is 6.09 Å². The number of nitrogen functional groups attached to an aromatic ring is 1. The Labute approximate surface area is 125 Å². The molecule has 0 aromatic heterocycles. The Morgan fingerprint density at radius 3 is 3.14 bits per heavy atom. The quantitative estimate of drug-likeness (QED) is 0.613. The van der Waals surface area contributed by atoms with Gasteiger partial charge in [0.25, 0.3) is 0 Å². The number of nitrogens with zero attached hydrogens (tertiary/aromatic N) is 1. The second-order valence-electron chi connectivity index (χ2n) is 5.20. The molecule has 1 aromatic rings. The molecule has 116 valence electrons. The van der Waals surface area contributed by atoms with Crippen LogP contribution in [0.3, 0.4) is 0 Å². The van der Waals surface area contributed by atoms with E-state index in [1.54, 1.807) is 0 Å². The van der Waals surface area contributed by atoms with E-state index in [9.17, 15) is 4.79 Å². The molecule has 0 bridgehead atoms. The van der Waals surface area contributed by atoms with E-state index in [0.29, 0.717) is 12.3 Å². The maximum atomic E-state index is 11.1. The predicted octanol–water partition coefficient (Wildman–Crippen LogP) is 1.47. The number of hydrogen-bond donors (Lipinski definition) is 2. The standard InChI is InChI=1S/C15H23N3O3/c1-20-15(19)17-13-6-8-18(11-13)7-3-9-21-14-5-2-4-12(16)10-14/h2,4-5,10,13H,3,6-9,11,16H2,1H3,(H,17,19). The van der Waals surface area contributed by atoms with Crippen molar-refractivity contribution in [1.82, 2.24) is 10.2 Å². The molecule has 1 fully saturated rings. The largest absolute Gasteiger partial charge is 0.493 e. The van der Waals surface area contributed by atoms with Crippen LogP contribution in [-0.4, -0.2) is 50.4 Å². The normalized spacial score (nSPS) is 18.4. The van der Waals surface area contributed by atoms with Crippen LogP contribution in [0.25, 0.3) is 0 Å². The van der Waals surface area contributed by atoms with Gasteiger partial charge in [0.1, 0.15) is 5.75 Å². The second-order valence-corrected chi connectivity index (χ2v) is 5.20. The highest BCUT2D eigenvalue weighted by atomic mass is 16.5. The van der Waals surface area contributed by atoms with Gasteiger partial charge in [-0.2, -0.15) is 0 Å². The lowest BCUT2D eigenvalue weighted by Gasteiger charge is -2.16. The zero-order valence-electron chi connectivity index (χ0n) is 12.4. The summed E-state index contributed by atoms with van der Waals surface area (Å²) >= 11 is 0. The molecule has 1 aliphatic heterocycles. The summed E-state index contributed by atoms with van der Waals surface area (Å²) in [6, 6.07) is 7.64. The summed E-state index contributed by atoms with van der Waals surface area (Å²) < 4.78 is 10.3. The topological polar surface area (TPSA) is 76.8 Å². The molecule has 0 radical (unpaired) electrons. The lowest BCUT2D eigenvalue weighted by molar-refractivity contribution is 0.166. The van der Waals surface area contributed by atoms with Gasteiger partial charge in [-0.15, -0.1) is 0 Å². The van der Waals surface area contributed by atoms with Crippen molar-refractivity contribution in [3.63, 3.8) is 0 Å². The highest BCUT2D eigenvalue weighted by molar-refractivity contribution is 5.67. The molecule has 1 aliphatic rings. The molecule has 1 aromatic carbocycles. The third kappa shape index (κ3) is 5.15. The summed E-state index contributed by atoms with van der Waals surface area (Å²) in [7, 11) is 1.38. The van der Waals surface area contributed by atoms with Crippen molar-refractivity contribution < 1.29 is 14.3 Å². The van der Waals surface area contributed by atoms with Gasteiger partial charge in [0.2, 0.25) is 0 Å². The summed E-state index contributed by atoms with van der Waals surface area (Å²) in [5, 5.41) is 2.83. The van der Waals surface area contributed by atoms with Gasteiger partial charge in [-0.3, -0.25) is 0 Å². The molecule has 6 nitrogen and oxygen atoms in total. The van der Waals surface area contributed by atoms with E-state index in [1.165, 1.54) is 7.11 Å². The number of alkyl carbamates (subject to hydrolysis) is 1. The highest BCUT2D eigenvalue weighted by Crippen LogP contribution is 2.15. The van der Waals surface area contributed by atoms with E-state index in [4.69, 9.17) is 10.5 Å². The van der Waals surface area contributed by atoms with E-state index in [0.717, 1.165) is 38.2 Å². The molecule has 3 N–H and O–H groups in total. The van der Waals surface area contributed by atoms with Gasteiger partial charge in [-0.1, -0.05) is 6.07 Å². The lowest BCUT2D eigenvalue weighted by atomic mass is 10.3. The third-order valence-corrected chi connectivity index (χ3v) is 3.53. The van der Waals surface area contributed by atoms with Crippen LogP contribution in [0.15, 0.2) is 24.3 Å². The Bertz CT molecular complexity index is 467. The number of hydrogen-bond acceptors (Lipinski definition) is 5. The maximum absolute atomic E-state index is 11.1. The summed E-state index contributed by atoms with van der Waals surface area (Å²) in [6.07, 6.45) is 1.55. The number of nitrogens with two attached hydrogens (primary N) is 1. The van der Waals surface area contributed by atoms with Crippen molar-refractivity contribution in [2.45, 2.75) is 18.9 Å². The summed E-state index contributed by atoms with van der Waals surface area (Å²) in [6.45, 7) is 3.48. The first-order chi connectivity index (χ1) is 10.2. The minimum Gasteiger partial charge on any atom is -0.493 e. The van der Waals surface area contributed by atoms with Crippen LogP contribution in [0.4, 0.5) is 10.5 Å². The van der Waals surface area contributed by atoms with Crippen molar-refractivity contribution in [3.05, 3.63) is 24.3 Å². The Morgan fingerprint density at radius 2 is 2.38 bits per heavy atom. The average Bonchev–Trinajstić information content (AvgIpc) is 2.91. The fourth-order valence-electron chi connectivity index (χ4n) is 2.46. The van der Waals surface area contributed by atoms with Crippen LogP contribution < -0.4 is 15.8 Å². The number of ether oxygens (including phenoxy) is 2. The first kappa shape index (κ1) is 15.4. The molecule has 0 saturated carbocycles. The van der Waals surface area contributed by atoms with E-state index in [-0.39, 0.29) is 12.1 Å². The van der Waals surface area contributed by atoms with Crippen molar-refractivity contribution in [2.24, 2.45) is 0 Å². The first-order valence-electron chi connectivity index (χ1n) is 7.22. The molecule has 1 heterocycles. The number of carbonyl (C=O) groups is 1. The van der Waals surface area contributed by atoms with E-state index < -0.39 is 0 Å². The second kappa shape index (κ2) is 7.73. The Hall–Kier alpha value is -1.95. The van der Waals surface area contributed by atoms with Crippen molar-refractivity contribution >= 4 is 11.8 Å². The molecule has 1 atom stereocenters. The number of amides is 1. The molecule has 2 rings (SSSR count). The van der Waals surface area contributed by atoms with Crippen LogP contribution in [0, 0.1) is 0 Å². The maximum Gasteiger partial charge on any atom is 0.407 e. The van der Waals surface area contributed by atoms with E-state index in [1.807, 2.05) is 24.3 Å². The Morgan fingerprint density at radius 1 is 1.52 bits per heavy atom. The van der Waals surface area contributed by atoms with Crippen LogP contribution in [0.2, 0.25) is 0 Å². The fourth-order valence-corrected chi connectivity index (χ4v) is 2.46. The predicted molar refractivity (Wildman–Crippen MR) is 81.4 cm³/mol. The third-order valence-electron chi connectivity index (χ3n) is 3.53. The molecule has 21 heavy (non-hydrogen) atoms. The first-order valence-corrected chi connectivity index (χ1v) is 7.22. The Kier molecular flexibility index (Phi) is 5.68. The molecule has 1 saturated heterocycles. The fraction of sp³-hybridized carbons (Fsp3) is 0.533. The van der Waals surface area contributed by atoms with Crippen molar-refractivity contribution in [3.8, 4) is 5.75 Å². The summed E-state index contributed by atoms with van der Waals surface area (Å²) in [5.41, 5.74) is 6.41. The Balaban J connectivity index is 1.60. The number of likely N-dealkylation sites (tertiary alicyclic amines) is 1. The van der Waals surface area contributed by atoms with Gasteiger partial charge in [0.05, 0.1) is 13.7 Å². The number of nitrogens with one attached hydrogen (secondary N) is 1. The smallest absolute Gasteiger partial charge is 0.407 e. The average molecular weight is 293 g/mol. The molecular formula is C15H23N3O3. The summed E-state index contributed by atoms with van der Waals surface area (Å²) in [5.74, 6) is 0.807. The molecule has 0 aliphatic carbocycles. The lowest BCUT2D eigenvalue weighted by Crippen LogP contribution is -2.37. The molecule has 6 heteroatoms. The van der Waals surface area contributed by atoms with Gasteiger partial charge in [-0.25, -0.2) is 4.79 Å². The minimum absolute atomic E-state index is 0.187. The van der Waals surface area contributed by atoms with Crippen molar-refractivity contribution in [1.29, 1.82) is 0 Å². The summed E-state index contributed by atoms with van der Waals surface area (Å²) in [4.78, 5) is 13.5. The molecule has 0 spiro atoms. The van der Waals surface area contributed by atoms with Crippen LogP contribution in [-0.2, 0) is 4.74 Å². The van der Waals surface area contributed by atoms with Crippen LogP contribution in [0.1, 0.15) is 12.8 Å². The zero-order valence-corrected chi connectivity index (χ0v) is 12.4. The van der Waals surface area contributed by atoms with Gasteiger partial charge in [0.15, 0.2) is 0 Å². The van der Waals surface area contributed by atoms with Gasteiger partial charge < -0.3 is 25.4 Å². The van der Waals surface area contributed by atoms with Crippen LogP contribution >= 0.6 is 0 Å². The number of anilines is 1. The van der Waals surface area contributed by atoms with Crippen LogP contribution in [0.5, 0.6) is 5.75 Å². The number of rotatable bonds is 6. The number of carbonyl (C=O) groups excluding carboxylic acids is 1. The zero-order chi connectivity index (χ0) is 15.1. The minimum atomic E-state index is -0.355. The molecule has 1 amide bonds. The monoisotopic (exact) mass is 293 g/mol. The van der Waals surface area contributed by atoms with E-state index >= 15 is 0 Å². The van der Waals surface area contributed by atoms with E-state index in [2.05, 4.69) is 15.0 Å². The van der Waals surface area contributed by atoms with Gasteiger partial charge in [-0.05, 0) is 25.0 Å². The molecule has 1 unspecified atom stereocenters. The molecular weight excluding hydrogens is 270 g/mol. The number of benzene rings is 1.